The Kier molecular flexibility index (Phi) is 4.97. The lowest BCUT2D eigenvalue weighted by atomic mass is 10.2. The molecule has 0 atom stereocenters. The van der Waals surface area contributed by atoms with Gasteiger partial charge >= 0.3 is 0 Å². The number of anilines is 1. The Morgan fingerprint density at radius 3 is 2.59 bits per heavy atom. The number of amides is 2. The first-order chi connectivity index (χ1) is 8.06. The first kappa shape index (κ1) is 13.5. The molecule has 0 spiro atoms. The Bertz CT molecular complexity index is 421. The number of aryl methyl sites for hydroxylation is 1. The lowest BCUT2D eigenvalue weighted by molar-refractivity contribution is -0.123. The van der Waals surface area contributed by atoms with E-state index in [2.05, 4.69) is 5.32 Å². The molecule has 5 heteroatoms. The molecule has 0 aliphatic heterocycles. The zero-order valence-electron chi connectivity index (χ0n) is 9.87. The molecule has 0 radical (unpaired) electrons. The number of hydrogen-bond acceptors (Lipinski definition) is 2. The Morgan fingerprint density at radius 2 is 2.00 bits per heavy atom. The highest BCUT2D eigenvalue weighted by atomic mass is 35.5. The van der Waals surface area contributed by atoms with Crippen LogP contribution < -0.4 is 10.2 Å². The van der Waals surface area contributed by atoms with E-state index in [0.29, 0.717) is 0 Å². The molecule has 1 aromatic carbocycles. The average molecular weight is 255 g/mol. The van der Waals surface area contributed by atoms with Crippen LogP contribution in [-0.4, -0.2) is 31.3 Å². The highest BCUT2D eigenvalue weighted by Gasteiger charge is 2.13. The third-order valence-corrected chi connectivity index (χ3v) is 2.65. The number of rotatable bonds is 4. The molecule has 1 N–H and O–H groups in total. The molecule has 0 saturated carbocycles. The molecular weight excluding hydrogens is 240 g/mol. The molecule has 0 aromatic heterocycles. The number of benzene rings is 1. The van der Waals surface area contributed by atoms with Crippen LogP contribution in [0.3, 0.4) is 0 Å². The van der Waals surface area contributed by atoms with Crippen molar-refractivity contribution in [1.82, 2.24) is 5.32 Å². The number of hydrogen-bond donors (Lipinski definition) is 1. The van der Waals surface area contributed by atoms with Gasteiger partial charge in [-0.2, -0.15) is 0 Å². The zero-order valence-corrected chi connectivity index (χ0v) is 10.6. The van der Waals surface area contributed by atoms with Gasteiger partial charge in [0.05, 0.1) is 6.54 Å². The van der Waals surface area contributed by atoms with E-state index in [9.17, 15) is 9.59 Å². The molecule has 4 nitrogen and oxygen atoms in total. The minimum atomic E-state index is -0.349. The maximum absolute atomic E-state index is 11.8. The second-order valence-corrected chi connectivity index (χ2v) is 3.92. The van der Waals surface area contributed by atoms with Gasteiger partial charge in [-0.25, -0.2) is 0 Å². The van der Waals surface area contributed by atoms with Gasteiger partial charge < -0.3 is 10.2 Å². The van der Waals surface area contributed by atoms with Crippen LogP contribution in [0.15, 0.2) is 24.3 Å². The second-order valence-electron chi connectivity index (χ2n) is 3.65. The molecule has 0 saturated heterocycles. The van der Waals surface area contributed by atoms with Crippen LogP contribution in [0.25, 0.3) is 0 Å². The van der Waals surface area contributed by atoms with E-state index in [1.54, 1.807) is 7.05 Å². The number of nitrogens with zero attached hydrogens (tertiary/aromatic N) is 1. The van der Waals surface area contributed by atoms with Crippen LogP contribution in [0, 0.1) is 6.92 Å². The number of halogens is 1. The Balaban J connectivity index is 2.64. The summed E-state index contributed by atoms with van der Waals surface area (Å²) in [7, 11) is 1.68. The second kappa shape index (κ2) is 6.25. The van der Waals surface area contributed by atoms with Crippen LogP contribution in [0.1, 0.15) is 5.56 Å². The molecule has 92 valence electrons. The Morgan fingerprint density at radius 1 is 1.35 bits per heavy atom. The van der Waals surface area contributed by atoms with E-state index in [0.717, 1.165) is 11.3 Å². The van der Waals surface area contributed by atoms with Gasteiger partial charge in [0, 0.05) is 12.7 Å². The van der Waals surface area contributed by atoms with Crippen molar-refractivity contribution < 1.29 is 9.59 Å². The molecule has 0 bridgehead atoms. The summed E-state index contributed by atoms with van der Waals surface area (Å²) in [5, 5.41) is 2.44. The molecule has 17 heavy (non-hydrogen) atoms. The average Bonchev–Trinajstić information content (AvgIpc) is 2.35. The van der Waals surface area contributed by atoms with Gasteiger partial charge in [-0.05, 0) is 18.6 Å². The molecule has 0 aliphatic carbocycles. The van der Waals surface area contributed by atoms with Crippen molar-refractivity contribution in [1.29, 1.82) is 0 Å². The van der Waals surface area contributed by atoms with Crippen LogP contribution in [-0.2, 0) is 9.59 Å². The maximum atomic E-state index is 11.8. The van der Waals surface area contributed by atoms with Gasteiger partial charge in [0.15, 0.2) is 0 Å². The summed E-state index contributed by atoms with van der Waals surface area (Å²) in [6.45, 7) is 1.88. The van der Waals surface area contributed by atoms with Gasteiger partial charge in [0.2, 0.25) is 11.8 Å². The number of alkyl halides is 1. The lowest BCUT2D eigenvalue weighted by Gasteiger charge is -2.19. The summed E-state index contributed by atoms with van der Waals surface area (Å²) in [6.07, 6.45) is 0. The summed E-state index contributed by atoms with van der Waals surface area (Å²) in [5.41, 5.74) is 1.84. The van der Waals surface area contributed by atoms with Crippen molar-refractivity contribution in [2.24, 2.45) is 0 Å². The van der Waals surface area contributed by atoms with E-state index >= 15 is 0 Å². The normalized spacial score (nSPS) is 9.82. The van der Waals surface area contributed by atoms with Gasteiger partial charge in [0.25, 0.3) is 0 Å². The van der Waals surface area contributed by atoms with E-state index in [-0.39, 0.29) is 24.2 Å². The minimum Gasteiger partial charge on any atom is -0.346 e. The smallest absolute Gasteiger partial charge is 0.246 e. The topological polar surface area (TPSA) is 49.4 Å². The fourth-order valence-electron chi connectivity index (χ4n) is 1.41. The predicted molar refractivity (Wildman–Crippen MR) is 68.3 cm³/mol. The molecular formula is C12H15ClN2O2. The van der Waals surface area contributed by atoms with Crippen LogP contribution in [0.2, 0.25) is 0 Å². The number of carbonyl (C=O) groups excluding carboxylic acids is 2. The number of para-hydroxylation sites is 1. The highest BCUT2D eigenvalue weighted by molar-refractivity contribution is 6.27. The largest absolute Gasteiger partial charge is 0.346 e. The molecule has 0 aliphatic rings. The predicted octanol–water partition coefficient (Wildman–Crippen LogP) is 1.31. The maximum Gasteiger partial charge on any atom is 0.246 e. The van der Waals surface area contributed by atoms with Crippen LogP contribution >= 0.6 is 11.6 Å². The summed E-state index contributed by atoms with van der Waals surface area (Å²) in [4.78, 5) is 24.2. The fourth-order valence-corrected chi connectivity index (χ4v) is 1.51. The third kappa shape index (κ3) is 3.75. The highest BCUT2D eigenvalue weighted by Crippen LogP contribution is 2.17. The number of nitrogens with one attached hydrogen (secondary N) is 1. The van der Waals surface area contributed by atoms with Crippen LogP contribution in [0.4, 0.5) is 5.69 Å². The lowest BCUT2D eigenvalue weighted by Crippen LogP contribution is -2.38. The minimum absolute atomic E-state index is 0.0453. The van der Waals surface area contributed by atoms with Crippen molar-refractivity contribution in [3.63, 3.8) is 0 Å². The molecule has 0 fully saturated rings. The molecule has 0 unspecified atom stereocenters. The first-order valence-electron chi connectivity index (χ1n) is 5.21. The van der Waals surface area contributed by atoms with E-state index < -0.39 is 0 Å². The van der Waals surface area contributed by atoms with Crippen LogP contribution in [0.5, 0.6) is 0 Å². The van der Waals surface area contributed by atoms with Gasteiger partial charge in [0.1, 0.15) is 5.88 Å². The van der Waals surface area contributed by atoms with E-state index in [1.165, 1.54) is 4.90 Å². The van der Waals surface area contributed by atoms with Crippen molar-refractivity contribution in [2.75, 3.05) is 24.4 Å². The van der Waals surface area contributed by atoms with Gasteiger partial charge in [-0.15, -0.1) is 11.6 Å². The summed E-state index contributed by atoms with van der Waals surface area (Å²) < 4.78 is 0. The quantitative estimate of drug-likeness (QED) is 0.824. The van der Waals surface area contributed by atoms with Crippen molar-refractivity contribution in [3.05, 3.63) is 29.8 Å². The van der Waals surface area contributed by atoms with Gasteiger partial charge in [-0.3, -0.25) is 9.59 Å². The van der Waals surface area contributed by atoms with E-state index in [1.807, 2.05) is 31.2 Å². The first-order valence-corrected chi connectivity index (χ1v) is 5.74. The Labute approximate surface area is 106 Å². The molecule has 2 amide bonds. The van der Waals surface area contributed by atoms with E-state index in [4.69, 9.17) is 11.6 Å². The standard InChI is InChI=1S/C12H15ClN2O2/c1-9-5-3-4-6-10(9)15(2)12(17)8-14-11(16)7-13/h3-6H,7-8H2,1-2H3,(H,14,16). The molecule has 1 aromatic rings. The SMILES string of the molecule is Cc1ccccc1N(C)C(=O)CNC(=O)CCl. The van der Waals surface area contributed by atoms with Gasteiger partial charge in [-0.1, -0.05) is 18.2 Å². The van der Waals surface area contributed by atoms with Crippen molar-refractivity contribution >= 4 is 29.1 Å². The van der Waals surface area contributed by atoms with Crippen molar-refractivity contribution in [3.8, 4) is 0 Å². The number of carbonyl (C=O) groups is 2. The molecule has 0 heterocycles. The fraction of sp³-hybridized carbons (Fsp3) is 0.333. The monoisotopic (exact) mass is 254 g/mol. The summed E-state index contributed by atoms with van der Waals surface area (Å²) in [5.74, 6) is -0.669. The Hall–Kier alpha value is -1.55. The zero-order chi connectivity index (χ0) is 12.8. The summed E-state index contributed by atoms with van der Waals surface area (Å²) in [6, 6.07) is 7.56. The molecule has 1 rings (SSSR count). The summed E-state index contributed by atoms with van der Waals surface area (Å²) >= 11 is 5.32. The third-order valence-electron chi connectivity index (χ3n) is 2.41. The number of likely N-dealkylation sites (N-methyl/N-ethyl adjacent to an activating group) is 1. The van der Waals surface area contributed by atoms with Crippen molar-refractivity contribution in [2.45, 2.75) is 6.92 Å².